The van der Waals surface area contributed by atoms with Crippen LogP contribution in [0.15, 0.2) is 46.9 Å². The van der Waals surface area contributed by atoms with Crippen molar-refractivity contribution in [2.45, 2.75) is 19.8 Å². The first kappa shape index (κ1) is 13.6. The van der Waals surface area contributed by atoms with E-state index in [2.05, 4.69) is 48.0 Å². The van der Waals surface area contributed by atoms with Gasteiger partial charge in [-0.05, 0) is 57.7 Å². The fourth-order valence-electron chi connectivity index (χ4n) is 1.71. The highest BCUT2D eigenvalue weighted by Crippen LogP contribution is 2.27. The second-order valence-electron chi connectivity index (χ2n) is 4.58. The van der Waals surface area contributed by atoms with E-state index in [0.29, 0.717) is 17.2 Å². The molecule has 19 heavy (non-hydrogen) atoms. The lowest BCUT2D eigenvalue weighted by Gasteiger charge is -2.09. The van der Waals surface area contributed by atoms with Crippen molar-refractivity contribution in [2.24, 2.45) is 0 Å². The topological polar surface area (TPSA) is 33.0 Å². The molecule has 2 rings (SSSR count). The van der Waals surface area contributed by atoms with Gasteiger partial charge in [0.1, 0.15) is 17.6 Å². The number of benzene rings is 2. The van der Waals surface area contributed by atoms with Crippen LogP contribution in [-0.2, 0) is 0 Å². The summed E-state index contributed by atoms with van der Waals surface area (Å²) in [5, 5.41) is 8.86. The zero-order valence-corrected chi connectivity index (χ0v) is 12.4. The summed E-state index contributed by atoms with van der Waals surface area (Å²) in [5.41, 5.74) is 1.89. The Morgan fingerprint density at radius 1 is 1.05 bits per heavy atom. The molecule has 0 heterocycles. The van der Waals surface area contributed by atoms with Gasteiger partial charge in [-0.2, -0.15) is 5.26 Å². The molecule has 0 amide bonds. The molecule has 3 heteroatoms. The van der Waals surface area contributed by atoms with E-state index in [1.807, 2.05) is 12.1 Å². The zero-order chi connectivity index (χ0) is 13.8. The third kappa shape index (κ3) is 3.36. The van der Waals surface area contributed by atoms with Gasteiger partial charge in [-0.15, -0.1) is 0 Å². The van der Waals surface area contributed by atoms with Gasteiger partial charge in [0.2, 0.25) is 0 Å². The minimum Gasteiger partial charge on any atom is -0.457 e. The van der Waals surface area contributed by atoms with Crippen molar-refractivity contribution < 1.29 is 4.74 Å². The number of nitrogens with zero attached hydrogens (tertiary/aromatic N) is 1. The highest BCUT2D eigenvalue weighted by Gasteiger charge is 2.04. The highest BCUT2D eigenvalue weighted by atomic mass is 79.9. The molecule has 0 aromatic heterocycles. The van der Waals surface area contributed by atoms with E-state index >= 15 is 0 Å². The van der Waals surface area contributed by atoms with Crippen molar-refractivity contribution >= 4 is 15.9 Å². The number of rotatable bonds is 3. The smallest absolute Gasteiger partial charge is 0.128 e. The Kier molecular flexibility index (Phi) is 4.24. The second kappa shape index (κ2) is 5.90. The van der Waals surface area contributed by atoms with Gasteiger partial charge in [-0.25, -0.2) is 0 Å². The molecule has 2 nitrogen and oxygen atoms in total. The Balaban J connectivity index is 2.17. The third-order valence-corrected chi connectivity index (χ3v) is 3.50. The lowest BCUT2D eigenvalue weighted by Crippen LogP contribution is -1.89. The van der Waals surface area contributed by atoms with E-state index in [1.54, 1.807) is 18.2 Å². The summed E-state index contributed by atoms with van der Waals surface area (Å²) in [4.78, 5) is 0. The van der Waals surface area contributed by atoms with Gasteiger partial charge >= 0.3 is 0 Å². The first-order chi connectivity index (χ1) is 9.10. The van der Waals surface area contributed by atoms with Crippen molar-refractivity contribution in [3.05, 3.63) is 58.1 Å². The van der Waals surface area contributed by atoms with Crippen LogP contribution in [0.25, 0.3) is 0 Å². The fourth-order valence-corrected chi connectivity index (χ4v) is 2.15. The lowest BCUT2D eigenvalue weighted by atomic mass is 10.0. The number of halogens is 1. The van der Waals surface area contributed by atoms with Crippen molar-refractivity contribution in [3.63, 3.8) is 0 Å². The second-order valence-corrected chi connectivity index (χ2v) is 5.43. The van der Waals surface area contributed by atoms with Crippen LogP contribution < -0.4 is 4.74 Å². The van der Waals surface area contributed by atoms with E-state index < -0.39 is 0 Å². The Hall–Kier alpha value is -1.79. The van der Waals surface area contributed by atoms with Crippen molar-refractivity contribution in [2.75, 3.05) is 0 Å². The molecule has 96 valence electrons. The van der Waals surface area contributed by atoms with Crippen LogP contribution in [0.5, 0.6) is 11.5 Å². The van der Waals surface area contributed by atoms with Crippen LogP contribution >= 0.6 is 15.9 Å². The van der Waals surface area contributed by atoms with Crippen molar-refractivity contribution in [1.82, 2.24) is 0 Å². The van der Waals surface area contributed by atoms with Gasteiger partial charge in [0.05, 0.1) is 5.56 Å². The van der Waals surface area contributed by atoms with E-state index in [0.717, 1.165) is 10.2 Å². The fraction of sp³-hybridized carbons (Fsp3) is 0.188. The molecule has 0 radical (unpaired) electrons. The third-order valence-electron chi connectivity index (χ3n) is 2.84. The number of ether oxygens (including phenoxy) is 1. The standard InChI is InChI=1S/C16H14BrNO/c1-11(2)12-3-6-14(7-4-12)19-15-8-5-13(10-18)16(17)9-15/h3-9,11H,1-2H3. The molecule has 0 N–H and O–H groups in total. The summed E-state index contributed by atoms with van der Waals surface area (Å²) in [5.74, 6) is 2.02. The van der Waals surface area contributed by atoms with Crippen molar-refractivity contribution in [3.8, 4) is 17.6 Å². The maximum Gasteiger partial charge on any atom is 0.128 e. The molecule has 0 aliphatic carbocycles. The summed E-state index contributed by atoms with van der Waals surface area (Å²) in [6.45, 7) is 4.32. The summed E-state index contributed by atoms with van der Waals surface area (Å²) in [6, 6.07) is 15.5. The first-order valence-electron chi connectivity index (χ1n) is 6.07. The first-order valence-corrected chi connectivity index (χ1v) is 6.87. The molecule has 0 spiro atoms. The summed E-state index contributed by atoms with van der Waals surface area (Å²) in [6.07, 6.45) is 0. The van der Waals surface area contributed by atoms with Crippen LogP contribution in [0.1, 0.15) is 30.9 Å². The maximum absolute atomic E-state index is 8.86. The molecule has 0 aliphatic rings. The van der Waals surface area contributed by atoms with Crippen molar-refractivity contribution in [1.29, 1.82) is 5.26 Å². The molecule has 2 aromatic rings. The number of hydrogen-bond donors (Lipinski definition) is 0. The highest BCUT2D eigenvalue weighted by molar-refractivity contribution is 9.10. The lowest BCUT2D eigenvalue weighted by molar-refractivity contribution is 0.482. The number of nitriles is 1. The molecule has 0 fully saturated rings. The van der Waals surface area contributed by atoms with Gasteiger partial charge < -0.3 is 4.74 Å². The molecule has 0 aliphatic heterocycles. The Bertz CT molecular complexity index is 612. The molecular formula is C16H14BrNO. The predicted octanol–water partition coefficient (Wildman–Crippen LogP) is 5.24. The summed E-state index contributed by atoms with van der Waals surface area (Å²) < 4.78 is 6.50. The molecule has 0 bridgehead atoms. The van der Waals surface area contributed by atoms with E-state index in [1.165, 1.54) is 5.56 Å². The minimum atomic E-state index is 0.512. The summed E-state index contributed by atoms with van der Waals surface area (Å²) in [7, 11) is 0. The largest absolute Gasteiger partial charge is 0.457 e. The van der Waals surface area contributed by atoms with Gasteiger partial charge in [0.25, 0.3) is 0 Å². The SMILES string of the molecule is CC(C)c1ccc(Oc2ccc(C#N)c(Br)c2)cc1. The van der Waals surface area contributed by atoms with Crippen LogP contribution in [0.3, 0.4) is 0 Å². The van der Waals surface area contributed by atoms with Gasteiger partial charge in [-0.1, -0.05) is 26.0 Å². The van der Waals surface area contributed by atoms with E-state index in [4.69, 9.17) is 10.00 Å². The van der Waals surface area contributed by atoms with Crippen LogP contribution in [0.4, 0.5) is 0 Å². The van der Waals surface area contributed by atoms with Gasteiger partial charge in [0, 0.05) is 4.47 Å². The molecule has 0 saturated heterocycles. The molecule has 2 aromatic carbocycles. The van der Waals surface area contributed by atoms with Gasteiger partial charge in [-0.3, -0.25) is 0 Å². The average molecular weight is 316 g/mol. The van der Waals surface area contributed by atoms with Crippen LogP contribution in [-0.4, -0.2) is 0 Å². The molecule has 0 atom stereocenters. The average Bonchev–Trinajstić information content (AvgIpc) is 2.39. The molecular weight excluding hydrogens is 302 g/mol. The normalized spacial score (nSPS) is 10.3. The van der Waals surface area contributed by atoms with E-state index in [9.17, 15) is 0 Å². The van der Waals surface area contributed by atoms with Crippen LogP contribution in [0.2, 0.25) is 0 Å². The van der Waals surface area contributed by atoms with Crippen LogP contribution in [0, 0.1) is 11.3 Å². The summed E-state index contributed by atoms with van der Waals surface area (Å²) >= 11 is 3.35. The Morgan fingerprint density at radius 3 is 2.21 bits per heavy atom. The predicted molar refractivity (Wildman–Crippen MR) is 79.5 cm³/mol. The zero-order valence-electron chi connectivity index (χ0n) is 10.9. The van der Waals surface area contributed by atoms with E-state index in [-0.39, 0.29) is 0 Å². The minimum absolute atomic E-state index is 0.512. The molecule has 0 unspecified atom stereocenters. The molecule has 0 saturated carbocycles. The number of hydrogen-bond acceptors (Lipinski definition) is 2. The Morgan fingerprint density at radius 2 is 1.68 bits per heavy atom. The Labute approximate surface area is 121 Å². The monoisotopic (exact) mass is 315 g/mol. The quantitative estimate of drug-likeness (QED) is 0.776. The maximum atomic E-state index is 8.86. The van der Waals surface area contributed by atoms with Gasteiger partial charge in [0.15, 0.2) is 0 Å².